The van der Waals surface area contributed by atoms with E-state index in [9.17, 15) is 0 Å². The van der Waals surface area contributed by atoms with Crippen LogP contribution >= 0.6 is 0 Å². The third kappa shape index (κ3) is 2.22. The highest BCUT2D eigenvalue weighted by atomic mass is 15.3. The van der Waals surface area contributed by atoms with Crippen molar-refractivity contribution < 1.29 is 0 Å². The van der Waals surface area contributed by atoms with E-state index in [1.807, 2.05) is 20.0 Å². The standard InChI is InChI=1S/C12H14N8/c1-3-14-11-16-10(9-4-5-15-19(9)2)17-12(18-11)20-7-6-13-8-20/h4-8H,3H2,1-2H3,(H,14,16,17,18). The third-order valence-electron chi connectivity index (χ3n) is 2.74. The van der Waals surface area contributed by atoms with Gasteiger partial charge in [0, 0.05) is 32.2 Å². The van der Waals surface area contributed by atoms with Crippen molar-refractivity contribution in [1.29, 1.82) is 0 Å². The van der Waals surface area contributed by atoms with Gasteiger partial charge in [-0.2, -0.15) is 20.1 Å². The van der Waals surface area contributed by atoms with Crippen molar-refractivity contribution in [3.05, 3.63) is 31.0 Å². The molecule has 0 radical (unpaired) electrons. The van der Waals surface area contributed by atoms with Crippen LogP contribution in [0.25, 0.3) is 17.5 Å². The van der Waals surface area contributed by atoms with Crippen LogP contribution in [-0.4, -0.2) is 40.8 Å². The van der Waals surface area contributed by atoms with Gasteiger partial charge in [0.15, 0.2) is 5.82 Å². The highest BCUT2D eigenvalue weighted by Gasteiger charge is 2.11. The number of anilines is 1. The summed E-state index contributed by atoms with van der Waals surface area (Å²) in [5.74, 6) is 1.62. The summed E-state index contributed by atoms with van der Waals surface area (Å²) in [6, 6.07) is 1.86. The summed E-state index contributed by atoms with van der Waals surface area (Å²) in [4.78, 5) is 17.2. The maximum Gasteiger partial charge on any atom is 0.240 e. The van der Waals surface area contributed by atoms with Crippen molar-refractivity contribution in [2.24, 2.45) is 7.05 Å². The van der Waals surface area contributed by atoms with Crippen LogP contribution in [0.15, 0.2) is 31.0 Å². The quantitative estimate of drug-likeness (QED) is 0.757. The van der Waals surface area contributed by atoms with E-state index >= 15 is 0 Å². The van der Waals surface area contributed by atoms with Gasteiger partial charge in [-0.05, 0) is 13.0 Å². The highest BCUT2D eigenvalue weighted by Crippen LogP contribution is 2.16. The first-order valence-corrected chi connectivity index (χ1v) is 6.24. The first-order valence-electron chi connectivity index (χ1n) is 6.24. The Morgan fingerprint density at radius 2 is 2.10 bits per heavy atom. The molecule has 0 saturated heterocycles. The molecule has 0 atom stereocenters. The molecule has 0 aliphatic heterocycles. The summed E-state index contributed by atoms with van der Waals surface area (Å²) >= 11 is 0. The molecule has 0 aromatic carbocycles. The predicted octanol–water partition coefficient (Wildman–Crippen LogP) is 0.890. The highest BCUT2D eigenvalue weighted by molar-refractivity contribution is 5.52. The summed E-state index contributed by atoms with van der Waals surface area (Å²) < 4.78 is 3.46. The lowest BCUT2D eigenvalue weighted by Crippen LogP contribution is -2.10. The van der Waals surface area contributed by atoms with Crippen LogP contribution < -0.4 is 5.32 Å². The van der Waals surface area contributed by atoms with E-state index in [1.54, 1.807) is 34.2 Å². The lowest BCUT2D eigenvalue weighted by molar-refractivity contribution is 0.766. The molecular formula is C12H14N8. The van der Waals surface area contributed by atoms with Gasteiger partial charge in [-0.1, -0.05) is 0 Å². The molecule has 3 heterocycles. The smallest absolute Gasteiger partial charge is 0.240 e. The molecule has 20 heavy (non-hydrogen) atoms. The van der Waals surface area contributed by atoms with E-state index in [1.165, 1.54) is 0 Å². The van der Waals surface area contributed by atoms with Gasteiger partial charge in [0.1, 0.15) is 12.0 Å². The van der Waals surface area contributed by atoms with Crippen LogP contribution in [0.4, 0.5) is 5.95 Å². The molecule has 0 aliphatic rings. The maximum atomic E-state index is 4.46. The topological polar surface area (TPSA) is 86.3 Å². The van der Waals surface area contributed by atoms with Gasteiger partial charge in [0.25, 0.3) is 0 Å². The molecule has 8 heteroatoms. The number of aromatic nitrogens is 7. The Kier molecular flexibility index (Phi) is 3.12. The lowest BCUT2D eigenvalue weighted by Gasteiger charge is -2.08. The fourth-order valence-corrected chi connectivity index (χ4v) is 1.80. The molecule has 1 N–H and O–H groups in total. The van der Waals surface area contributed by atoms with Gasteiger partial charge in [0.2, 0.25) is 11.9 Å². The molecule has 0 spiro atoms. The molecule has 0 unspecified atom stereocenters. The minimum Gasteiger partial charge on any atom is -0.354 e. The second-order valence-corrected chi connectivity index (χ2v) is 4.12. The number of imidazole rings is 1. The van der Waals surface area contributed by atoms with Crippen LogP contribution in [0.3, 0.4) is 0 Å². The van der Waals surface area contributed by atoms with Crippen molar-refractivity contribution in [1.82, 2.24) is 34.3 Å². The van der Waals surface area contributed by atoms with Crippen molar-refractivity contribution in [3.63, 3.8) is 0 Å². The summed E-state index contributed by atoms with van der Waals surface area (Å²) in [6.45, 7) is 2.72. The van der Waals surface area contributed by atoms with Gasteiger partial charge in [0.05, 0.1) is 0 Å². The lowest BCUT2D eigenvalue weighted by atomic mass is 10.4. The fraction of sp³-hybridized carbons (Fsp3) is 0.250. The zero-order valence-electron chi connectivity index (χ0n) is 11.2. The van der Waals surface area contributed by atoms with E-state index in [2.05, 4.69) is 30.4 Å². The fourth-order valence-electron chi connectivity index (χ4n) is 1.80. The van der Waals surface area contributed by atoms with Crippen LogP contribution in [0.1, 0.15) is 6.92 Å². The zero-order valence-corrected chi connectivity index (χ0v) is 11.2. The van der Waals surface area contributed by atoms with E-state index < -0.39 is 0 Å². The van der Waals surface area contributed by atoms with Gasteiger partial charge >= 0.3 is 0 Å². The second kappa shape index (κ2) is 5.08. The van der Waals surface area contributed by atoms with E-state index in [-0.39, 0.29) is 0 Å². The molecule has 3 aromatic heterocycles. The Labute approximate surface area is 115 Å². The largest absolute Gasteiger partial charge is 0.354 e. The van der Waals surface area contributed by atoms with E-state index in [4.69, 9.17) is 0 Å². The van der Waals surface area contributed by atoms with Gasteiger partial charge in [-0.3, -0.25) is 9.25 Å². The van der Waals surface area contributed by atoms with Crippen molar-refractivity contribution in [2.75, 3.05) is 11.9 Å². The van der Waals surface area contributed by atoms with Crippen LogP contribution in [0, 0.1) is 0 Å². The molecule has 8 nitrogen and oxygen atoms in total. The number of nitrogens with one attached hydrogen (secondary N) is 1. The maximum absolute atomic E-state index is 4.46. The molecule has 0 amide bonds. The van der Waals surface area contributed by atoms with E-state index in [0.29, 0.717) is 17.7 Å². The minimum absolute atomic E-state index is 0.518. The molecular weight excluding hydrogens is 256 g/mol. The Balaban J connectivity index is 2.12. The number of rotatable bonds is 4. The van der Waals surface area contributed by atoms with Gasteiger partial charge < -0.3 is 5.32 Å². The predicted molar refractivity (Wildman–Crippen MR) is 73.3 cm³/mol. The number of nitrogens with zero attached hydrogens (tertiary/aromatic N) is 7. The van der Waals surface area contributed by atoms with Crippen LogP contribution in [-0.2, 0) is 7.05 Å². The number of hydrogen-bond acceptors (Lipinski definition) is 6. The molecule has 0 saturated carbocycles. The Bertz CT molecular complexity index is 700. The first kappa shape index (κ1) is 12.3. The zero-order chi connectivity index (χ0) is 13.9. The summed E-state index contributed by atoms with van der Waals surface area (Å²) in [5.41, 5.74) is 0.827. The summed E-state index contributed by atoms with van der Waals surface area (Å²) in [7, 11) is 1.85. The third-order valence-corrected chi connectivity index (χ3v) is 2.74. The normalized spacial score (nSPS) is 10.7. The van der Waals surface area contributed by atoms with E-state index in [0.717, 1.165) is 12.2 Å². The van der Waals surface area contributed by atoms with Crippen LogP contribution in [0.5, 0.6) is 0 Å². The van der Waals surface area contributed by atoms with Gasteiger partial charge in [-0.15, -0.1) is 0 Å². The SMILES string of the molecule is CCNc1nc(-c2ccnn2C)nc(-n2ccnc2)n1. The van der Waals surface area contributed by atoms with Crippen molar-refractivity contribution in [3.8, 4) is 17.5 Å². The molecule has 0 bridgehead atoms. The summed E-state index contributed by atoms with van der Waals surface area (Å²) in [6.07, 6.45) is 6.83. The second-order valence-electron chi connectivity index (χ2n) is 4.12. The average Bonchev–Trinajstić information content (AvgIpc) is 3.09. The molecule has 0 fully saturated rings. The molecule has 3 aromatic rings. The Hall–Kier alpha value is -2.77. The molecule has 102 valence electrons. The number of hydrogen-bond donors (Lipinski definition) is 1. The first-order chi connectivity index (χ1) is 9.78. The average molecular weight is 270 g/mol. The summed E-state index contributed by atoms with van der Waals surface area (Å²) in [5, 5.41) is 7.24. The molecule has 0 aliphatic carbocycles. The Morgan fingerprint density at radius 3 is 2.75 bits per heavy atom. The Morgan fingerprint density at radius 1 is 1.20 bits per heavy atom. The monoisotopic (exact) mass is 270 g/mol. The van der Waals surface area contributed by atoms with Crippen molar-refractivity contribution >= 4 is 5.95 Å². The van der Waals surface area contributed by atoms with Crippen molar-refractivity contribution in [2.45, 2.75) is 6.92 Å². The van der Waals surface area contributed by atoms with Crippen LogP contribution in [0.2, 0.25) is 0 Å². The minimum atomic E-state index is 0.518. The number of aryl methyl sites for hydroxylation is 1. The van der Waals surface area contributed by atoms with Gasteiger partial charge in [-0.25, -0.2) is 4.98 Å². The molecule has 3 rings (SSSR count).